The van der Waals surface area contributed by atoms with Gasteiger partial charge in [-0.2, -0.15) is 0 Å². The summed E-state index contributed by atoms with van der Waals surface area (Å²) in [6.45, 7) is 2.53. The minimum absolute atomic E-state index is 0.0302. The molecule has 1 aliphatic rings. The Morgan fingerprint density at radius 3 is 2.70 bits per heavy atom. The van der Waals surface area contributed by atoms with Crippen LogP contribution in [0.5, 0.6) is 5.75 Å². The molecule has 1 aliphatic carbocycles. The van der Waals surface area contributed by atoms with Gasteiger partial charge in [0.15, 0.2) is 5.16 Å². The van der Waals surface area contributed by atoms with Crippen molar-refractivity contribution in [3.8, 4) is 11.4 Å². The van der Waals surface area contributed by atoms with Crippen LogP contribution in [0.1, 0.15) is 36.6 Å². The molecule has 2 aromatic heterocycles. The number of ether oxygens (including phenoxy) is 1. The number of fused-ring (bicyclic) bond motifs is 4. The molecule has 0 N–H and O–H groups in total. The molecule has 204 valence electrons. The van der Waals surface area contributed by atoms with Gasteiger partial charge in [0.2, 0.25) is 5.91 Å². The zero-order valence-corrected chi connectivity index (χ0v) is 24.3. The van der Waals surface area contributed by atoms with Crippen molar-refractivity contribution in [1.29, 1.82) is 0 Å². The lowest BCUT2D eigenvalue weighted by molar-refractivity contribution is -0.116. The highest BCUT2D eigenvalue weighted by Gasteiger charge is 2.24. The van der Waals surface area contributed by atoms with E-state index in [4.69, 9.17) is 9.72 Å². The van der Waals surface area contributed by atoms with E-state index < -0.39 is 0 Å². The second kappa shape index (κ2) is 11.5. The van der Waals surface area contributed by atoms with Gasteiger partial charge in [-0.05, 0) is 61.8 Å². The van der Waals surface area contributed by atoms with Crippen LogP contribution in [-0.4, -0.2) is 34.9 Å². The van der Waals surface area contributed by atoms with Crippen molar-refractivity contribution in [2.75, 3.05) is 24.3 Å². The lowest BCUT2D eigenvalue weighted by Crippen LogP contribution is -2.32. The Kier molecular flexibility index (Phi) is 7.63. The Hall–Kier alpha value is -3.62. The summed E-state index contributed by atoms with van der Waals surface area (Å²) < 4.78 is 7.12. The highest BCUT2D eigenvalue weighted by molar-refractivity contribution is 7.99. The molecule has 5 aromatic rings. The number of thioether (sulfide) groups is 1. The van der Waals surface area contributed by atoms with Crippen LogP contribution in [0.25, 0.3) is 26.7 Å². The Balaban J connectivity index is 1.41. The number of aromatic nitrogens is 2. The fraction of sp³-hybridized carbons (Fsp3) is 0.281. The molecule has 2 heterocycles. The third kappa shape index (κ3) is 4.90. The minimum atomic E-state index is -0.0750. The molecule has 0 saturated heterocycles. The Bertz CT molecular complexity index is 1770. The lowest BCUT2D eigenvalue weighted by Gasteiger charge is -2.23. The molecular weight excluding hydrogens is 539 g/mol. The molecule has 0 saturated carbocycles. The van der Waals surface area contributed by atoms with E-state index in [-0.39, 0.29) is 17.2 Å². The number of aryl methyl sites for hydroxylation is 2. The van der Waals surface area contributed by atoms with Crippen LogP contribution >= 0.6 is 23.1 Å². The average molecular weight is 570 g/mol. The van der Waals surface area contributed by atoms with Gasteiger partial charge in [0.05, 0.1) is 29.6 Å². The molecule has 6 nitrogen and oxygen atoms in total. The number of carbonyl (C=O) groups is 1. The number of nitrogens with zero attached hydrogens (tertiary/aromatic N) is 3. The van der Waals surface area contributed by atoms with Gasteiger partial charge in [-0.3, -0.25) is 14.2 Å². The van der Waals surface area contributed by atoms with Crippen molar-refractivity contribution in [1.82, 2.24) is 9.55 Å². The maximum absolute atomic E-state index is 14.2. The first-order valence-electron chi connectivity index (χ1n) is 13.7. The van der Waals surface area contributed by atoms with Gasteiger partial charge in [-0.1, -0.05) is 60.6 Å². The Morgan fingerprint density at radius 2 is 1.85 bits per heavy atom. The monoisotopic (exact) mass is 569 g/mol. The van der Waals surface area contributed by atoms with Gasteiger partial charge in [0.25, 0.3) is 5.56 Å². The number of rotatable bonds is 7. The fourth-order valence-electron chi connectivity index (χ4n) is 5.57. The predicted molar refractivity (Wildman–Crippen MR) is 166 cm³/mol. The number of benzene rings is 3. The van der Waals surface area contributed by atoms with E-state index in [1.807, 2.05) is 66.4 Å². The number of anilines is 1. The lowest BCUT2D eigenvalue weighted by atomic mass is 10.1. The smallest absolute Gasteiger partial charge is 0.267 e. The highest BCUT2D eigenvalue weighted by Crippen LogP contribution is 2.35. The van der Waals surface area contributed by atoms with Crippen LogP contribution in [0.2, 0.25) is 0 Å². The van der Waals surface area contributed by atoms with Crippen molar-refractivity contribution in [3.63, 3.8) is 0 Å². The first-order chi connectivity index (χ1) is 19.6. The number of hydrogen-bond donors (Lipinski definition) is 0. The standard InChI is InChI=1S/C32H31N3O3S2/c1-3-34(26-17-9-12-21-11-7-8-15-24(21)26)28(36)20-39-32-33-30-29(25-16-5-4-6-18-27(25)40-30)31(37)35(32)22-13-10-14-23(19-22)38-2/h7-15,17,19H,3-6,16,18,20H2,1-2H3. The predicted octanol–water partition coefficient (Wildman–Crippen LogP) is 7.02. The first-order valence-corrected chi connectivity index (χ1v) is 15.5. The molecule has 0 spiro atoms. The van der Waals surface area contributed by atoms with Crippen LogP contribution in [-0.2, 0) is 17.6 Å². The van der Waals surface area contributed by atoms with Gasteiger partial charge < -0.3 is 9.64 Å². The van der Waals surface area contributed by atoms with Gasteiger partial charge in [0, 0.05) is 22.9 Å². The highest BCUT2D eigenvalue weighted by atomic mass is 32.2. The molecule has 0 fully saturated rings. The van der Waals surface area contributed by atoms with Crippen molar-refractivity contribution < 1.29 is 9.53 Å². The van der Waals surface area contributed by atoms with E-state index >= 15 is 0 Å². The molecular formula is C32H31N3O3S2. The zero-order valence-electron chi connectivity index (χ0n) is 22.7. The number of carbonyl (C=O) groups excluding carboxylic acids is 1. The summed E-state index contributed by atoms with van der Waals surface area (Å²) in [6.07, 6.45) is 5.31. The molecule has 0 bridgehead atoms. The van der Waals surface area contributed by atoms with E-state index in [9.17, 15) is 9.59 Å². The quantitative estimate of drug-likeness (QED) is 0.120. The van der Waals surface area contributed by atoms with Crippen molar-refractivity contribution in [2.24, 2.45) is 0 Å². The van der Waals surface area contributed by atoms with E-state index in [2.05, 4.69) is 12.1 Å². The van der Waals surface area contributed by atoms with Crippen LogP contribution in [0, 0.1) is 0 Å². The summed E-state index contributed by atoms with van der Waals surface area (Å²) in [4.78, 5) is 36.7. The summed E-state index contributed by atoms with van der Waals surface area (Å²) in [5.74, 6) is 0.787. The number of methoxy groups -OCH3 is 1. The van der Waals surface area contributed by atoms with Gasteiger partial charge in [0.1, 0.15) is 10.6 Å². The van der Waals surface area contributed by atoms with Gasteiger partial charge in [-0.25, -0.2) is 4.98 Å². The summed E-state index contributed by atoms with van der Waals surface area (Å²) in [5, 5.41) is 3.38. The SMILES string of the molecule is CCN(C(=O)CSc1nc2sc3c(c2c(=O)n1-c1cccc(OC)c1)CCCCC3)c1cccc2ccccc12. The maximum Gasteiger partial charge on any atom is 0.267 e. The van der Waals surface area contributed by atoms with Crippen LogP contribution in [0.4, 0.5) is 5.69 Å². The molecule has 3 aromatic carbocycles. The normalized spacial score (nSPS) is 13.2. The van der Waals surface area contributed by atoms with Crippen LogP contribution < -0.4 is 15.2 Å². The van der Waals surface area contributed by atoms with Crippen molar-refractivity contribution in [3.05, 3.63) is 87.5 Å². The average Bonchev–Trinajstić information content (AvgIpc) is 3.17. The summed E-state index contributed by atoms with van der Waals surface area (Å²) >= 11 is 2.95. The third-order valence-corrected chi connectivity index (χ3v) is 9.63. The second-order valence-electron chi connectivity index (χ2n) is 9.91. The topological polar surface area (TPSA) is 64.4 Å². The molecule has 0 atom stereocenters. The molecule has 0 aliphatic heterocycles. The van der Waals surface area contributed by atoms with Gasteiger partial charge >= 0.3 is 0 Å². The van der Waals surface area contributed by atoms with Crippen LogP contribution in [0.3, 0.4) is 0 Å². The molecule has 40 heavy (non-hydrogen) atoms. The van der Waals surface area contributed by atoms with E-state index in [0.29, 0.717) is 23.1 Å². The Morgan fingerprint density at radius 1 is 1.05 bits per heavy atom. The second-order valence-corrected chi connectivity index (χ2v) is 11.9. The number of hydrogen-bond acceptors (Lipinski definition) is 6. The number of thiophene rings is 1. The molecule has 1 amide bonds. The van der Waals surface area contributed by atoms with Crippen molar-refractivity contribution >= 4 is 55.7 Å². The van der Waals surface area contributed by atoms with Crippen molar-refractivity contribution in [2.45, 2.75) is 44.2 Å². The maximum atomic E-state index is 14.2. The largest absolute Gasteiger partial charge is 0.497 e. The first kappa shape index (κ1) is 26.6. The van der Waals surface area contributed by atoms with E-state index in [0.717, 1.165) is 57.9 Å². The minimum Gasteiger partial charge on any atom is -0.497 e. The van der Waals surface area contributed by atoms with E-state index in [1.54, 1.807) is 23.0 Å². The third-order valence-electron chi connectivity index (χ3n) is 7.52. The molecule has 0 radical (unpaired) electrons. The summed E-state index contributed by atoms with van der Waals surface area (Å²) in [6, 6.07) is 21.6. The molecule has 8 heteroatoms. The zero-order chi connectivity index (χ0) is 27.6. The van der Waals surface area contributed by atoms with Gasteiger partial charge in [-0.15, -0.1) is 11.3 Å². The Labute approximate surface area is 241 Å². The fourth-order valence-corrected chi connectivity index (χ4v) is 7.76. The summed E-state index contributed by atoms with van der Waals surface area (Å²) in [5.41, 5.74) is 2.66. The molecule has 0 unspecified atom stereocenters. The van der Waals surface area contributed by atoms with Crippen LogP contribution in [0.15, 0.2) is 76.7 Å². The summed E-state index contributed by atoms with van der Waals surface area (Å²) in [7, 11) is 1.61. The number of amides is 1. The molecule has 6 rings (SSSR count). The van der Waals surface area contributed by atoms with E-state index in [1.165, 1.54) is 23.1 Å².